The second-order valence-corrected chi connectivity index (χ2v) is 4.83. The summed E-state index contributed by atoms with van der Waals surface area (Å²) in [6.07, 6.45) is 1.62. The molecule has 0 saturated carbocycles. The summed E-state index contributed by atoms with van der Waals surface area (Å²) in [5.74, 6) is 0.855. The fourth-order valence-electron chi connectivity index (χ4n) is 1.52. The fraction of sp³-hybridized carbons (Fsp3) is 0.545. The van der Waals surface area contributed by atoms with Crippen LogP contribution in [-0.4, -0.2) is 30.9 Å². The van der Waals surface area contributed by atoms with Crippen LogP contribution in [0.25, 0.3) is 0 Å². The zero-order valence-corrected chi connectivity index (χ0v) is 11.5. The molecule has 16 heavy (non-hydrogen) atoms. The van der Waals surface area contributed by atoms with Crippen LogP contribution in [0.4, 0.5) is 0 Å². The smallest absolute Gasteiger partial charge is 0.238 e. The van der Waals surface area contributed by atoms with Gasteiger partial charge in [0.05, 0.1) is 22.8 Å². The van der Waals surface area contributed by atoms with Crippen molar-refractivity contribution in [2.75, 3.05) is 14.1 Å². The molecule has 0 aliphatic heterocycles. The van der Waals surface area contributed by atoms with Crippen molar-refractivity contribution in [2.24, 2.45) is 0 Å². The Bertz CT molecular complexity index is 363. The SMILES string of the molecule is CC(N[C@H](C)C(=O)N(C)C)c1occc1Br. The molecule has 0 fully saturated rings. The van der Waals surface area contributed by atoms with E-state index in [1.165, 1.54) is 0 Å². The zero-order valence-electron chi connectivity index (χ0n) is 9.95. The maximum Gasteiger partial charge on any atom is 0.238 e. The van der Waals surface area contributed by atoms with E-state index < -0.39 is 0 Å². The van der Waals surface area contributed by atoms with Gasteiger partial charge in [0.15, 0.2) is 0 Å². The van der Waals surface area contributed by atoms with Gasteiger partial charge in [0.25, 0.3) is 0 Å². The van der Waals surface area contributed by atoms with Crippen molar-refractivity contribution in [3.63, 3.8) is 0 Å². The molecule has 4 nitrogen and oxygen atoms in total. The predicted octanol–water partition coefficient (Wildman–Crippen LogP) is 2.17. The normalized spacial score (nSPS) is 14.6. The Labute approximate surface area is 104 Å². The lowest BCUT2D eigenvalue weighted by Gasteiger charge is -2.21. The number of carbonyl (C=O) groups excluding carboxylic acids is 1. The molecule has 1 amide bonds. The van der Waals surface area contributed by atoms with E-state index in [1.807, 2.05) is 19.9 Å². The Morgan fingerprint density at radius 1 is 1.50 bits per heavy atom. The minimum Gasteiger partial charge on any atom is -0.466 e. The van der Waals surface area contributed by atoms with Gasteiger partial charge in [-0.05, 0) is 35.8 Å². The summed E-state index contributed by atoms with van der Waals surface area (Å²) in [7, 11) is 3.49. The molecule has 1 aromatic heterocycles. The fourth-order valence-corrected chi connectivity index (χ4v) is 2.07. The zero-order chi connectivity index (χ0) is 12.3. The number of nitrogens with one attached hydrogen (secondary N) is 1. The number of nitrogens with zero attached hydrogens (tertiary/aromatic N) is 1. The Balaban J connectivity index is 2.62. The van der Waals surface area contributed by atoms with E-state index in [-0.39, 0.29) is 18.0 Å². The molecule has 0 bridgehead atoms. The van der Waals surface area contributed by atoms with Crippen LogP contribution in [0.5, 0.6) is 0 Å². The van der Waals surface area contributed by atoms with E-state index in [2.05, 4.69) is 21.2 Å². The first-order chi connectivity index (χ1) is 7.43. The highest BCUT2D eigenvalue weighted by Crippen LogP contribution is 2.24. The van der Waals surface area contributed by atoms with Gasteiger partial charge >= 0.3 is 0 Å². The number of likely N-dealkylation sites (N-methyl/N-ethyl adjacent to an activating group) is 1. The van der Waals surface area contributed by atoms with Crippen LogP contribution in [-0.2, 0) is 4.79 Å². The number of halogens is 1. The first-order valence-corrected chi connectivity index (χ1v) is 5.93. The molecular formula is C11H17BrN2O2. The summed E-state index contributed by atoms with van der Waals surface area (Å²) in [5, 5.41) is 3.19. The van der Waals surface area contributed by atoms with Crippen LogP contribution in [0, 0.1) is 0 Å². The number of carbonyl (C=O) groups is 1. The van der Waals surface area contributed by atoms with E-state index in [9.17, 15) is 4.79 Å². The second-order valence-electron chi connectivity index (χ2n) is 3.98. The van der Waals surface area contributed by atoms with E-state index in [0.717, 1.165) is 10.2 Å². The van der Waals surface area contributed by atoms with E-state index in [0.29, 0.717) is 0 Å². The van der Waals surface area contributed by atoms with Gasteiger partial charge in [-0.3, -0.25) is 10.1 Å². The average Bonchev–Trinajstić information content (AvgIpc) is 2.62. The number of amides is 1. The molecule has 2 atom stereocenters. The lowest BCUT2D eigenvalue weighted by Crippen LogP contribution is -2.42. The van der Waals surface area contributed by atoms with Crippen LogP contribution in [0.15, 0.2) is 21.2 Å². The average molecular weight is 289 g/mol. The van der Waals surface area contributed by atoms with Gasteiger partial charge in [0.2, 0.25) is 5.91 Å². The van der Waals surface area contributed by atoms with E-state index in [1.54, 1.807) is 25.3 Å². The van der Waals surface area contributed by atoms with Crippen molar-refractivity contribution in [3.8, 4) is 0 Å². The molecule has 5 heteroatoms. The standard InChI is InChI=1S/C11H17BrN2O2/c1-7(10-9(12)5-6-16-10)13-8(2)11(15)14(3)4/h5-8,13H,1-4H3/t7?,8-/m1/s1. The lowest BCUT2D eigenvalue weighted by molar-refractivity contribution is -0.130. The van der Waals surface area contributed by atoms with Gasteiger partial charge in [0.1, 0.15) is 5.76 Å². The third-order valence-electron chi connectivity index (χ3n) is 2.35. The highest BCUT2D eigenvalue weighted by molar-refractivity contribution is 9.10. The van der Waals surface area contributed by atoms with Gasteiger partial charge in [0, 0.05) is 14.1 Å². The van der Waals surface area contributed by atoms with E-state index >= 15 is 0 Å². The van der Waals surface area contributed by atoms with Gasteiger partial charge in [-0.1, -0.05) is 0 Å². The summed E-state index contributed by atoms with van der Waals surface area (Å²) in [6, 6.07) is 1.59. The van der Waals surface area contributed by atoms with Crippen LogP contribution in [0.2, 0.25) is 0 Å². The molecular weight excluding hydrogens is 272 g/mol. The van der Waals surface area contributed by atoms with E-state index in [4.69, 9.17) is 4.42 Å². The molecule has 1 N–H and O–H groups in total. The minimum absolute atomic E-state index is 0.0109. The van der Waals surface area contributed by atoms with Crippen molar-refractivity contribution in [1.82, 2.24) is 10.2 Å². The molecule has 0 aliphatic carbocycles. The summed E-state index contributed by atoms with van der Waals surface area (Å²) in [6.45, 7) is 3.80. The van der Waals surface area contributed by atoms with Crippen LogP contribution in [0.3, 0.4) is 0 Å². The Morgan fingerprint density at radius 3 is 2.56 bits per heavy atom. The third-order valence-corrected chi connectivity index (χ3v) is 3.00. The molecule has 0 spiro atoms. The number of furan rings is 1. The quantitative estimate of drug-likeness (QED) is 0.924. The van der Waals surface area contributed by atoms with Crippen molar-refractivity contribution >= 4 is 21.8 Å². The number of hydrogen-bond acceptors (Lipinski definition) is 3. The van der Waals surface area contributed by atoms with Crippen molar-refractivity contribution in [1.29, 1.82) is 0 Å². The van der Waals surface area contributed by atoms with Crippen LogP contribution >= 0.6 is 15.9 Å². The van der Waals surface area contributed by atoms with Crippen molar-refractivity contribution < 1.29 is 9.21 Å². The predicted molar refractivity (Wildman–Crippen MR) is 66.1 cm³/mol. The van der Waals surface area contributed by atoms with Crippen molar-refractivity contribution in [2.45, 2.75) is 25.9 Å². The Kier molecular flexibility index (Phi) is 4.56. The minimum atomic E-state index is -0.234. The molecule has 0 radical (unpaired) electrons. The second kappa shape index (κ2) is 5.50. The summed E-state index contributed by atoms with van der Waals surface area (Å²) in [5.41, 5.74) is 0. The molecule has 1 rings (SSSR count). The van der Waals surface area contributed by atoms with Crippen LogP contribution in [0.1, 0.15) is 25.6 Å². The molecule has 90 valence electrons. The lowest BCUT2D eigenvalue weighted by atomic mass is 10.2. The summed E-state index contributed by atoms with van der Waals surface area (Å²) in [4.78, 5) is 13.2. The highest BCUT2D eigenvalue weighted by atomic mass is 79.9. The Hall–Kier alpha value is -0.810. The highest BCUT2D eigenvalue weighted by Gasteiger charge is 2.20. The number of hydrogen-bond donors (Lipinski definition) is 1. The number of rotatable bonds is 4. The first kappa shape index (κ1) is 13.3. The van der Waals surface area contributed by atoms with Gasteiger partial charge in [-0.25, -0.2) is 0 Å². The topological polar surface area (TPSA) is 45.5 Å². The monoisotopic (exact) mass is 288 g/mol. The third kappa shape index (κ3) is 3.09. The van der Waals surface area contributed by atoms with Gasteiger partial charge in [-0.2, -0.15) is 0 Å². The maximum absolute atomic E-state index is 11.7. The molecule has 1 unspecified atom stereocenters. The molecule has 1 aromatic rings. The van der Waals surface area contributed by atoms with Crippen LogP contribution < -0.4 is 5.32 Å². The van der Waals surface area contributed by atoms with Gasteiger partial charge in [-0.15, -0.1) is 0 Å². The largest absolute Gasteiger partial charge is 0.466 e. The maximum atomic E-state index is 11.7. The molecule has 0 aliphatic rings. The first-order valence-electron chi connectivity index (χ1n) is 5.13. The molecule has 1 heterocycles. The summed E-state index contributed by atoms with van der Waals surface area (Å²) < 4.78 is 6.25. The molecule has 0 saturated heterocycles. The van der Waals surface area contributed by atoms with Gasteiger partial charge < -0.3 is 9.32 Å². The van der Waals surface area contributed by atoms with Crippen molar-refractivity contribution in [3.05, 3.63) is 22.6 Å². The Morgan fingerprint density at radius 2 is 2.12 bits per heavy atom. The summed E-state index contributed by atoms with van der Waals surface area (Å²) >= 11 is 3.39. The molecule has 0 aromatic carbocycles.